The molecule has 1 unspecified atom stereocenters. The van der Waals surface area contributed by atoms with E-state index >= 15 is 0 Å². The molecule has 3 aromatic rings. The van der Waals surface area contributed by atoms with Crippen LogP contribution in [0.5, 0.6) is 0 Å². The van der Waals surface area contributed by atoms with Gasteiger partial charge in [0.15, 0.2) is 0 Å². The number of carbonyl (C=O) groups is 2. The molecule has 1 atom stereocenters. The van der Waals surface area contributed by atoms with E-state index in [9.17, 15) is 9.59 Å². The van der Waals surface area contributed by atoms with Gasteiger partial charge in [0, 0.05) is 28.3 Å². The minimum Gasteiger partial charge on any atom is -0.325 e. The molecule has 1 aromatic heterocycles. The summed E-state index contributed by atoms with van der Waals surface area (Å²) in [5, 5.41) is 10.8. The first-order valence-electron chi connectivity index (χ1n) is 8.97. The highest BCUT2D eigenvalue weighted by molar-refractivity contribution is 6.33. The van der Waals surface area contributed by atoms with Gasteiger partial charge in [0.05, 0.1) is 11.9 Å². The highest BCUT2D eigenvalue weighted by atomic mass is 35.5. The number of halogens is 1. The molecule has 0 bridgehead atoms. The highest BCUT2D eigenvalue weighted by Gasteiger charge is 2.55. The first-order valence-corrected chi connectivity index (χ1v) is 9.35. The number of hydrogen-bond donors (Lipinski definition) is 2. The van der Waals surface area contributed by atoms with Crippen molar-refractivity contribution in [2.75, 3.05) is 10.6 Å². The Morgan fingerprint density at radius 2 is 1.86 bits per heavy atom. The zero-order valence-corrected chi connectivity index (χ0v) is 16.1. The maximum Gasteiger partial charge on any atom is 0.240 e. The molecule has 2 aliphatic heterocycles. The Bertz CT molecular complexity index is 1160. The lowest BCUT2D eigenvalue weighted by molar-refractivity contribution is -0.125. The third kappa shape index (κ3) is 2.18. The van der Waals surface area contributed by atoms with Gasteiger partial charge in [0.2, 0.25) is 11.8 Å². The summed E-state index contributed by atoms with van der Waals surface area (Å²) in [5.74, 6) is -0.00242. The van der Waals surface area contributed by atoms with Crippen LogP contribution in [0, 0.1) is 13.8 Å². The number of anilines is 2. The van der Waals surface area contributed by atoms with Crippen molar-refractivity contribution in [3.05, 3.63) is 69.9 Å². The number of amides is 2. The molecule has 1 spiro atoms. The maximum atomic E-state index is 13.1. The Labute approximate surface area is 166 Å². The second-order valence-corrected chi connectivity index (χ2v) is 7.82. The standard InChI is InChI=1S/C21H17ClN4O2/c1-11-6-12(2)8-13(7-11)26-19-14(10-23-26)21(9-17(27)25-19)18-15(22)4-3-5-16(18)24-20(21)28/h3-8,10H,9H2,1-2H3,(H,24,28)(H,25,27). The van der Waals surface area contributed by atoms with Crippen molar-refractivity contribution in [1.82, 2.24) is 9.78 Å². The van der Waals surface area contributed by atoms with Crippen LogP contribution in [0.4, 0.5) is 11.5 Å². The fraction of sp³-hybridized carbons (Fsp3) is 0.190. The summed E-state index contributed by atoms with van der Waals surface area (Å²) in [5.41, 5.74) is 3.74. The van der Waals surface area contributed by atoms with Crippen molar-refractivity contribution in [2.24, 2.45) is 0 Å². The molecule has 28 heavy (non-hydrogen) atoms. The number of hydrogen-bond acceptors (Lipinski definition) is 3. The molecule has 2 aliphatic rings. The van der Waals surface area contributed by atoms with Gasteiger partial charge in [0.25, 0.3) is 0 Å². The van der Waals surface area contributed by atoms with E-state index in [2.05, 4.69) is 21.8 Å². The molecule has 6 nitrogen and oxygen atoms in total. The molecule has 0 saturated heterocycles. The minimum atomic E-state index is -1.18. The largest absolute Gasteiger partial charge is 0.325 e. The molecular weight excluding hydrogens is 376 g/mol. The van der Waals surface area contributed by atoms with E-state index in [1.165, 1.54) is 0 Å². The second kappa shape index (κ2) is 5.69. The van der Waals surface area contributed by atoms with E-state index in [0.29, 0.717) is 27.7 Å². The van der Waals surface area contributed by atoms with Crippen molar-refractivity contribution in [3.63, 3.8) is 0 Å². The van der Waals surface area contributed by atoms with Crippen LogP contribution in [-0.4, -0.2) is 21.6 Å². The molecule has 0 aliphatic carbocycles. The van der Waals surface area contributed by atoms with E-state index in [4.69, 9.17) is 11.6 Å². The van der Waals surface area contributed by atoms with Crippen LogP contribution in [-0.2, 0) is 15.0 Å². The SMILES string of the molecule is Cc1cc(C)cc(-n2ncc3c2NC(=O)CC32C(=O)Nc3cccc(Cl)c32)c1. The molecule has 2 N–H and O–H groups in total. The minimum absolute atomic E-state index is 0.0128. The van der Waals surface area contributed by atoms with Crippen molar-refractivity contribution < 1.29 is 9.59 Å². The summed E-state index contributed by atoms with van der Waals surface area (Å²) in [6.07, 6.45) is 1.64. The van der Waals surface area contributed by atoms with E-state index in [-0.39, 0.29) is 18.2 Å². The van der Waals surface area contributed by atoms with Crippen molar-refractivity contribution in [1.29, 1.82) is 0 Å². The normalized spacial score (nSPS) is 20.0. The predicted octanol–water partition coefficient (Wildman–Crippen LogP) is 3.72. The number of rotatable bonds is 1. The fourth-order valence-electron chi connectivity index (χ4n) is 4.39. The Morgan fingerprint density at radius 3 is 2.61 bits per heavy atom. The van der Waals surface area contributed by atoms with Crippen LogP contribution >= 0.6 is 11.6 Å². The number of carbonyl (C=O) groups excluding carboxylic acids is 2. The Balaban J connectivity index is 1.79. The van der Waals surface area contributed by atoms with Gasteiger partial charge >= 0.3 is 0 Å². The third-order valence-corrected chi connectivity index (χ3v) is 5.75. The van der Waals surface area contributed by atoms with Gasteiger partial charge in [0.1, 0.15) is 11.2 Å². The molecule has 2 aromatic carbocycles. The third-order valence-electron chi connectivity index (χ3n) is 5.44. The monoisotopic (exact) mass is 392 g/mol. The van der Waals surface area contributed by atoms with Gasteiger partial charge in [-0.3, -0.25) is 9.59 Å². The molecule has 0 fully saturated rings. The molecule has 5 rings (SSSR count). The van der Waals surface area contributed by atoms with Gasteiger partial charge in [-0.25, -0.2) is 4.68 Å². The first-order chi connectivity index (χ1) is 13.4. The summed E-state index contributed by atoms with van der Waals surface area (Å²) in [6, 6.07) is 11.4. The van der Waals surface area contributed by atoms with Crippen LogP contribution in [0.1, 0.15) is 28.7 Å². The number of fused-ring (bicyclic) bond motifs is 4. The van der Waals surface area contributed by atoms with E-state index in [1.807, 2.05) is 26.0 Å². The van der Waals surface area contributed by atoms with Crippen LogP contribution in [0.25, 0.3) is 5.69 Å². The van der Waals surface area contributed by atoms with Crippen molar-refractivity contribution in [3.8, 4) is 5.69 Å². The van der Waals surface area contributed by atoms with Crippen LogP contribution in [0.15, 0.2) is 42.6 Å². The van der Waals surface area contributed by atoms with E-state index in [0.717, 1.165) is 16.8 Å². The predicted molar refractivity (Wildman–Crippen MR) is 107 cm³/mol. The van der Waals surface area contributed by atoms with Crippen LogP contribution in [0.3, 0.4) is 0 Å². The Morgan fingerprint density at radius 1 is 1.11 bits per heavy atom. The zero-order chi connectivity index (χ0) is 19.6. The lowest BCUT2D eigenvalue weighted by atomic mass is 9.72. The summed E-state index contributed by atoms with van der Waals surface area (Å²) < 4.78 is 1.68. The fourth-order valence-corrected chi connectivity index (χ4v) is 4.73. The van der Waals surface area contributed by atoms with Gasteiger partial charge < -0.3 is 10.6 Å². The quantitative estimate of drug-likeness (QED) is 0.662. The first kappa shape index (κ1) is 17.0. The number of aromatic nitrogens is 2. The highest BCUT2D eigenvalue weighted by Crippen LogP contribution is 2.52. The smallest absolute Gasteiger partial charge is 0.240 e. The molecular formula is C21H17ClN4O2. The lowest BCUT2D eigenvalue weighted by Crippen LogP contribution is -2.43. The number of nitrogens with zero attached hydrogens (tertiary/aromatic N) is 2. The zero-order valence-electron chi connectivity index (χ0n) is 15.3. The van der Waals surface area contributed by atoms with E-state index in [1.54, 1.807) is 29.1 Å². The summed E-state index contributed by atoms with van der Waals surface area (Å²) in [7, 11) is 0. The second-order valence-electron chi connectivity index (χ2n) is 7.41. The molecule has 140 valence electrons. The van der Waals surface area contributed by atoms with Gasteiger partial charge in [-0.05, 0) is 49.2 Å². The Hall–Kier alpha value is -3.12. The average Bonchev–Trinajstić information content (AvgIpc) is 3.15. The van der Waals surface area contributed by atoms with Crippen LogP contribution in [0.2, 0.25) is 5.02 Å². The summed E-state index contributed by atoms with van der Waals surface area (Å²) in [6.45, 7) is 4.01. The average molecular weight is 393 g/mol. The lowest BCUT2D eigenvalue weighted by Gasteiger charge is -2.32. The van der Waals surface area contributed by atoms with E-state index < -0.39 is 5.41 Å². The van der Waals surface area contributed by atoms with Crippen LogP contribution < -0.4 is 10.6 Å². The topological polar surface area (TPSA) is 76.0 Å². The van der Waals surface area contributed by atoms with Crippen molar-refractivity contribution in [2.45, 2.75) is 25.7 Å². The molecule has 0 radical (unpaired) electrons. The van der Waals surface area contributed by atoms with Gasteiger partial charge in [-0.1, -0.05) is 23.7 Å². The molecule has 7 heteroatoms. The van der Waals surface area contributed by atoms with Crippen molar-refractivity contribution >= 4 is 34.9 Å². The van der Waals surface area contributed by atoms with Gasteiger partial charge in [-0.2, -0.15) is 5.10 Å². The number of aryl methyl sites for hydroxylation is 2. The molecule has 2 amide bonds. The summed E-state index contributed by atoms with van der Waals surface area (Å²) >= 11 is 6.49. The molecule has 3 heterocycles. The van der Waals surface area contributed by atoms with Gasteiger partial charge in [-0.15, -0.1) is 0 Å². The number of nitrogens with one attached hydrogen (secondary N) is 2. The maximum absolute atomic E-state index is 13.1. The summed E-state index contributed by atoms with van der Waals surface area (Å²) in [4.78, 5) is 25.8. The number of benzene rings is 2. The Kier molecular flexibility index (Phi) is 3.46. The molecule has 0 saturated carbocycles.